The lowest BCUT2D eigenvalue weighted by molar-refractivity contribution is 0.300. The lowest BCUT2D eigenvalue weighted by Crippen LogP contribution is -2.40. The Morgan fingerprint density at radius 3 is 2.80 bits per heavy atom. The first-order valence-corrected chi connectivity index (χ1v) is 6.02. The molecule has 0 saturated heterocycles. The van der Waals surface area contributed by atoms with Crippen LogP contribution in [0.3, 0.4) is 0 Å². The van der Waals surface area contributed by atoms with Crippen LogP contribution >= 0.6 is 15.9 Å². The number of benzene rings is 1. The third-order valence-electron chi connectivity index (χ3n) is 2.98. The molecule has 15 heavy (non-hydrogen) atoms. The molecule has 78 valence electrons. The first kappa shape index (κ1) is 10.7. The van der Waals surface area contributed by atoms with Crippen LogP contribution in [0.1, 0.15) is 24.3 Å². The zero-order chi connectivity index (χ0) is 10.7. The quantitative estimate of drug-likeness (QED) is 0.828. The van der Waals surface area contributed by atoms with Crippen LogP contribution in [0.5, 0.6) is 0 Å². The third-order valence-corrected chi connectivity index (χ3v) is 3.70. The van der Waals surface area contributed by atoms with Crippen molar-refractivity contribution in [1.82, 2.24) is 5.32 Å². The maximum atomic E-state index is 5.21. The van der Waals surface area contributed by atoms with Gasteiger partial charge in [-0.3, -0.25) is 0 Å². The summed E-state index contributed by atoms with van der Waals surface area (Å²) in [4.78, 5) is 0. The zero-order valence-corrected chi connectivity index (χ0v) is 10.1. The molecule has 0 unspecified atom stereocenters. The second-order valence-electron chi connectivity index (χ2n) is 3.97. The molecular weight excluding hydrogens is 250 g/mol. The van der Waals surface area contributed by atoms with E-state index in [2.05, 4.69) is 51.4 Å². The Bertz CT molecular complexity index is 374. The first-order chi connectivity index (χ1) is 7.31. The summed E-state index contributed by atoms with van der Waals surface area (Å²) in [5.74, 6) is 3.30. The van der Waals surface area contributed by atoms with E-state index in [0.717, 1.165) is 0 Å². The van der Waals surface area contributed by atoms with E-state index >= 15 is 0 Å². The lowest BCUT2D eigenvalue weighted by Gasteiger charge is -2.36. The maximum absolute atomic E-state index is 5.21. The fourth-order valence-corrected chi connectivity index (χ4v) is 2.66. The number of halogens is 1. The van der Waals surface area contributed by atoms with E-state index in [1.807, 2.05) is 0 Å². The van der Waals surface area contributed by atoms with Gasteiger partial charge in [-0.15, -0.1) is 6.42 Å². The van der Waals surface area contributed by atoms with Crippen molar-refractivity contribution < 1.29 is 0 Å². The van der Waals surface area contributed by atoms with E-state index in [-0.39, 0.29) is 0 Å². The van der Waals surface area contributed by atoms with Gasteiger partial charge in [0.15, 0.2) is 0 Å². The topological polar surface area (TPSA) is 12.0 Å². The monoisotopic (exact) mass is 263 g/mol. The van der Waals surface area contributed by atoms with Crippen LogP contribution in [-0.4, -0.2) is 12.6 Å². The van der Waals surface area contributed by atoms with Crippen LogP contribution < -0.4 is 5.32 Å². The molecule has 0 spiro atoms. The second-order valence-corrected chi connectivity index (χ2v) is 4.83. The number of rotatable bonds is 3. The maximum Gasteiger partial charge on any atom is 0.0575 e. The summed E-state index contributed by atoms with van der Waals surface area (Å²) in [5, 5.41) is 3.34. The Kier molecular flexibility index (Phi) is 3.45. The van der Waals surface area contributed by atoms with Crippen LogP contribution in [0.15, 0.2) is 28.7 Å². The molecule has 2 rings (SSSR count). The minimum Gasteiger partial charge on any atom is -0.303 e. The van der Waals surface area contributed by atoms with Crippen molar-refractivity contribution in [2.45, 2.75) is 24.8 Å². The molecule has 1 saturated carbocycles. The lowest BCUT2D eigenvalue weighted by atomic mass is 9.76. The van der Waals surface area contributed by atoms with Crippen molar-refractivity contribution in [2.75, 3.05) is 6.54 Å². The highest BCUT2D eigenvalue weighted by molar-refractivity contribution is 9.10. The van der Waals surface area contributed by atoms with Gasteiger partial charge < -0.3 is 5.32 Å². The van der Waals surface area contributed by atoms with Gasteiger partial charge in [0.05, 0.1) is 6.54 Å². The van der Waals surface area contributed by atoms with Gasteiger partial charge in [-0.25, -0.2) is 0 Å². The highest BCUT2D eigenvalue weighted by atomic mass is 79.9. The van der Waals surface area contributed by atoms with Crippen LogP contribution in [0.4, 0.5) is 0 Å². The SMILES string of the molecule is C#CCNC1CC(c2ccccc2Br)C1. The van der Waals surface area contributed by atoms with Gasteiger partial charge in [-0.2, -0.15) is 0 Å². The zero-order valence-electron chi connectivity index (χ0n) is 8.54. The number of hydrogen-bond donors (Lipinski definition) is 1. The van der Waals surface area contributed by atoms with Gasteiger partial charge in [0.1, 0.15) is 0 Å². The first-order valence-electron chi connectivity index (χ1n) is 5.22. The summed E-state index contributed by atoms with van der Waals surface area (Å²) in [5.41, 5.74) is 1.43. The summed E-state index contributed by atoms with van der Waals surface area (Å²) in [6.07, 6.45) is 7.60. The molecule has 1 aliphatic carbocycles. The van der Waals surface area contributed by atoms with Crippen LogP contribution in [0, 0.1) is 12.3 Å². The largest absolute Gasteiger partial charge is 0.303 e. The molecule has 0 radical (unpaired) electrons. The predicted octanol–water partition coefficient (Wildman–Crippen LogP) is 2.92. The molecule has 0 atom stereocenters. The number of nitrogens with one attached hydrogen (secondary N) is 1. The van der Waals surface area contributed by atoms with Crippen LogP contribution in [0.2, 0.25) is 0 Å². The van der Waals surface area contributed by atoms with E-state index in [1.54, 1.807) is 0 Å². The Morgan fingerprint density at radius 2 is 2.13 bits per heavy atom. The van der Waals surface area contributed by atoms with Crippen LogP contribution in [0.25, 0.3) is 0 Å². The molecule has 1 aliphatic rings. The minimum absolute atomic E-state index is 0.609. The Balaban J connectivity index is 1.90. The van der Waals surface area contributed by atoms with Crippen molar-refractivity contribution >= 4 is 15.9 Å². The molecule has 2 heteroatoms. The smallest absolute Gasteiger partial charge is 0.0575 e. The molecule has 0 heterocycles. The summed E-state index contributed by atoms with van der Waals surface area (Å²) in [6.45, 7) is 0.688. The van der Waals surface area contributed by atoms with Gasteiger partial charge >= 0.3 is 0 Å². The molecule has 0 bridgehead atoms. The minimum atomic E-state index is 0.609. The Hall–Kier alpha value is -0.780. The van der Waals surface area contributed by atoms with Crippen molar-refractivity contribution in [1.29, 1.82) is 0 Å². The van der Waals surface area contributed by atoms with Crippen molar-refractivity contribution in [3.8, 4) is 12.3 Å². The molecule has 0 aliphatic heterocycles. The van der Waals surface area contributed by atoms with Gasteiger partial charge in [0, 0.05) is 10.5 Å². The fourth-order valence-electron chi connectivity index (χ4n) is 2.05. The fraction of sp³-hybridized carbons (Fsp3) is 0.385. The Morgan fingerprint density at radius 1 is 1.40 bits per heavy atom. The van der Waals surface area contributed by atoms with E-state index in [1.165, 1.54) is 22.9 Å². The van der Waals surface area contributed by atoms with Gasteiger partial charge in [0.2, 0.25) is 0 Å². The van der Waals surface area contributed by atoms with Crippen molar-refractivity contribution in [3.05, 3.63) is 34.3 Å². The highest BCUT2D eigenvalue weighted by Crippen LogP contribution is 2.39. The molecule has 1 N–H and O–H groups in total. The standard InChI is InChI=1S/C13H14BrN/c1-2-7-15-11-8-10(9-11)12-5-3-4-6-13(12)14/h1,3-6,10-11,15H,7-9H2. The van der Waals surface area contributed by atoms with E-state index in [9.17, 15) is 0 Å². The van der Waals surface area contributed by atoms with E-state index < -0.39 is 0 Å². The number of terminal acetylenes is 1. The van der Waals surface area contributed by atoms with Gasteiger partial charge in [-0.1, -0.05) is 40.0 Å². The molecule has 1 fully saturated rings. The normalized spacial score (nSPS) is 24.3. The molecular formula is C13H14BrN. The summed E-state index contributed by atoms with van der Waals surface area (Å²) in [7, 11) is 0. The molecule has 0 amide bonds. The molecule has 1 nitrogen and oxygen atoms in total. The average Bonchev–Trinajstić information content (AvgIpc) is 2.18. The van der Waals surface area contributed by atoms with Crippen molar-refractivity contribution in [2.24, 2.45) is 0 Å². The average molecular weight is 264 g/mol. The predicted molar refractivity (Wildman–Crippen MR) is 66.7 cm³/mol. The molecule has 0 aromatic heterocycles. The van der Waals surface area contributed by atoms with Gasteiger partial charge in [-0.05, 0) is 30.4 Å². The second kappa shape index (κ2) is 4.83. The Labute approximate surface area is 99.4 Å². The highest BCUT2D eigenvalue weighted by Gasteiger charge is 2.30. The molecule has 1 aromatic rings. The summed E-state index contributed by atoms with van der Waals surface area (Å²) < 4.78 is 1.23. The summed E-state index contributed by atoms with van der Waals surface area (Å²) >= 11 is 3.59. The van der Waals surface area contributed by atoms with E-state index in [0.29, 0.717) is 18.5 Å². The van der Waals surface area contributed by atoms with Crippen molar-refractivity contribution in [3.63, 3.8) is 0 Å². The third kappa shape index (κ3) is 2.42. The van der Waals surface area contributed by atoms with Crippen LogP contribution in [-0.2, 0) is 0 Å². The van der Waals surface area contributed by atoms with E-state index in [4.69, 9.17) is 6.42 Å². The molecule has 1 aromatic carbocycles. The van der Waals surface area contributed by atoms with Gasteiger partial charge in [0.25, 0.3) is 0 Å². The number of hydrogen-bond acceptors (Lipinski definition) is 1. The summed E-state index contributed by atoms with van der Waals surface area (Å²) in [6, 6.07) is 9.07.